The van der Waals surface area contributed by atoms with Gasteiger partial charge in [-0.2, -0.15) is 0 Å². The molecule has 23 heavy (non-hydrogen) atoms. The molecule has 0 aromatic carbocycles. The van der Waals surface area contributed by atoms with Crippen LogP contribution in [0.3, 0.4) is 0 Å². The van der Waals surface area contributed by atoms with Gasteiger partial charge in [0, 0.05) is 37.6 Å². The van der Waals surface area contributed by atoms with Crippen molar-refractivity contribution >= 4 is 11.8 Å². The molecule has 2 saturated heterocycles. The summed E-state index contributed by atoms with van der Waals surface area (Å²) in [5.41, 5.74) is 0. The van der Waals surface area contributed by atoms with E-state index in [1.54, 1.807) is 12.4 Å². The number of hydrogen-bond acceptors (Lipinski definition) is 6. The Kier molecular flexibility index (Phi) is 4.37. The highest BCUT2D eigenvalue weighted by molar-refractivity contribution is 7.99. The molecule has 2 aromatic heterocycles. The number of fused-ring (bicyclic) bond motifs is 1. The van der Waals surface area contributed by atoms with E-state index in [1.165, 1.54) is 37.7 Å². The van der Waals surface area contributed by atoms with Crippen LogP contribution in [0.25, 0.3) is 0 Å². The molecule has 4 rings (SSSR count). The summed E-state index contributed by atoms with van der Waals surface area (Å²) in [6.45, 7) is 6.84. The fourth-order valence-electron chi connectivity index (χ4n) is 3.59. The molecule has 2 aliphatic rings. The predicted molar refractivity (Wildman–Crippen MR) is 89.3 cm³/mol. The molecule has 5 nitrogen and oxygen atoms in total. The first-order valence-corrected chi connectivity index (χ1v) is 9.11. The molecule has 4 heterocycles. The highest BCUT2D eigenvalue weighted by atomic mass is 32.2. The smallest absolute Gasteiger partial charge is 0.195 e. The Morgan fingerprint density at radius 1 is 1.26 bits per heavy atom. The fourth-order valence-corrected chi connectivity index (χ4v) is 4.29. The van der Waals surface area contributed by atoms with E-state index in [4.69, 9.17) is 4.42 Å². The van der Waals surface area contributed by atoms with E-state index >= 15 is 0 Å². The zero-order valence-corrected chi connectivity index (χ0v) is 14.2. The molecule has 122 valence electrons. The minimum absolute atomic E-state index is 0.586. The zero-order chi connectivity index (χ0) is 15.6. The molecule has 0 N–H and O–H groups in total. The molecule has 0 aliphatic carbocycles. The third kappa shape index (κ3) is 3.44. The molecule has 0 bridgehead atoms. The van der Waals surface area contributed by atoms with Crippen molar-refractivity contribution in [3.63, 3.8) is 0 Å². The second-order valence-electron chi connectivity index (χ2n) is 6.42. The van der Waals surface area contributed by atoms with Gasteiger partial charge in [-0.1, -0.05) is 0 Å². The number of rotatable bonds is 4. The minimum atomic E-state index is 0.586. The van der Waals surface area contributed by atoms with Crippen LogP contribution < -0.4 is 0 Å². The third-order valence-corrected chi connectivity index (χ3v) is 5.61. The quantitative estimate of drug-likeness (QED) is 0.803. The summed E-state index contributed by atoms with van der Waals surface area (Å²) in [7, 11) is 0. The van der Waals surface area contributed by atoms with Crippen molar-refractivity contribution in [1.29, 1.82) is 0 Å². The van der Waals surface area contributed by atoms with Crippen LogP contribution in [0.5, 0.6) is 0 Å². The maximum atomic E-state index is 5.98. The van der Waals surface area contributed by atoms with E-state index in [0.717, 1.165) is 35.1 Å². The number of furan rings is 1. The average Bonchev–Trinajstić information content (AvgIpc) is 3.18. The van der Waals surface area contributed by atoms with Crippen LogP contribution in [-0.4, -0.2) is 51.5 Å². The molecule has 6 heteroatoms. The second-order valence-corrected chi connectivity index (χ2v) is 7.40. The highest BCUT2D eigenvalue weighted by Gasteiger charge is 2.34. The van der Waals surface area contributed by atoms with Gasteiger partial charge in [0.05, 0.1) is 6.54 Å². The largest absolute Gasteiger partial charge is 0.453 e. The second kappa shape index (κ2) is 6.63. The van der Waals surface area contributed by atoms with Gasteiger partial charge in [0.1, 0.15) is 5.76 Å². The van der Waals surface area contributed by atoms with Crippen molar-refractivity contribution in [3.05, 3.63) is 36.4 Å². The Morgan fingerprint density at radius 2 is 2.13 bits per heavy atom. The van der Waals surface area contributed by atoms with Crippen LogP contribution in [0.1, 0.15) is 25.5 Å². The van der Waals surface area contributed by atoms with Gasteiger partial charge in [0.2, 0.25) is 0 Å². The Morgan fingerprint density at radius 3 is 3.00 bits per heavy atom. The van der Waals surface area contributed by atoms with Crippen LogP contribution in [0, 0.1) is 0 Å². The van der Waals surface area contributed by atoms with Crippen molar-refractivity contribution in [2.45, 2.75) is 48.6 Å². The minimum Gasteiger partial charge on any atom is -0.453 e. The zero-order valence-electron chi connectivity index (χ0n) is 13.4. The van der Waals surface area contributed by atoms with Gasteiger partial charge in [-0.05, 0) is 56.3 Å². The maximum Gasteiger partial charge on any atom is 0.195 e. The fraction of sp³-hybridized carbons (Fsp3) is 0.529. The van der Waals surface area contributed by atoms with Gasteiger partial charge in [-0.25, -0.2) is 9.97 Å². The van der Waals surface area contributed by atoms with Crippen molar-refractivity contribution in [3.8, 4) is 0 Å². The number of nitrogens with zero attached hydrogens (tertiary/aromatic N) is 4. The van der Waals surface area contributed by atoms with Crippen LogP contribution in [-0.2, 0) is 6.54 Å². The lowest BCUT2D eigenvalue weighted by Gasteiger charge is -2.41. The maximum absolute atomic E-state index is 5.98. The highest BCUT2D eigenvalue weighted by Crippen LogP contribution is 2.29. The summed E-state index contributed by atoms with van der Waals surface area (Å²) in [5, 5.41) is 1.58. The normalized spacial score (nSPS) is 25.6. The molecule has 0 unspecified atom stereocenters. The lowest BCUT2D eigenvalue weighted by molar-refractivity contribution is 0.0486. The number of hydrogen-bond donors (Lipinski definition) is 0. The summed E-state index contributed by atoms with van der Waals surface area (Å²) >= 11 is 1.47. The van der Waals surface area contributed by atoms with Gasteiger partial charge < -0.3 is 4.42 Å². The molecule has 2 atom stereocenters. The van der Waals surface area contributed by atoms with Crippen LogP contribution in [0.4, 0.5) is 0 Å². The first-order chi connectivity index (χ1) is 11.3. The van der Waals surface area contributed by atoms with Crippen LogP contribution >= 0.6 is 11.8 Å². The average molecular weight is 330 g/mol. The monoisotopic (exact) mass is 330 g/mol. The molecule has 2 aromatic rings. The van der Waals surface area contributed by atoms with E-state index in [2.05, 4.69) is 32.8 Å². The topological polar surface area (TPSA) is 45.4 Å². The summed E-state index contributed by atoms with van der Waals surface area (Å²) in [5.74, 6) is 1.03. The van der Waals surface area contributed by atoms with Gasteiger partial charge >= 0.3 is 0 Å². The molecule has 0 saturated carbocycles. The number of piperazine rings is 1. The summed E-state index contributed by atoms with van der Waals surface area (Å²) in [6, 6.07) is 7.25. The lowest BCUT2D eigenvalue weighted by atomic mass is 10.1. The third-order valence-electron chi connectivity index (χ3n) is 4.80. The van der Waals surface area contributed by atoms with Gasteiger partial charge in [-0.15, -0.1) is 0 Å². The van der Waals surface area contributed by atoms with Crippen molar-refractivity contribution in [1.82, 2.24) is 19.8 Å². The molecule has 0 amide bonds. The SMILES string of the molecule is C[C@H]1CN2CCC[C@H]2CN1Cc1ccc(Sc2ncccn2)o1. The van der Waals surface area contributed by atoms with Gasteiger partial charge in [0.25, 0.3) is 0 Å². The Labute approximate surface area is 141 Å². The summed E-state index contributed by atoms with van der Waals surface area (Å²) < 4.78 is 5.98. The standard InChI is InChI=1S/C17H22N4OS/c1-13-10-20-9-2-4-14(20)11-21(13)12-15-5-6-16(22-15)23-17-18-7-3-8-19-17/h3,5-8,13-14H,2,4,9-12H2,1H3/t13-,14-/m0/s1. The lowest BCUT2D eigenvalue weighted by Crippen LogP contribution is -2.54. The summed E-state index contributed by atoms with van der Waals surface area (Å²) in [4.78, 5) is 13.7. The Bertz CT molecular complexity index is 647. The van der Waals surface area contributed by atoms with Crippen molar-refractivity contribution < 1.29 is 4.42 Å². The molecule has 0 radical (unpaired) electrons. The van der Waals surface area contributed by atoms with Gasteiger partial charge in [-0.3, -0.25) is 9.80 Å². The van der Waals surface area contributed by atoms with Crippen LogP contribution in [0.15, 0.2) is 45.3 Å². The molecule has 2 aliphatic heterocycles. The predicted octanol–water partition coefficient (Wildman–Crippen LogP) is 2.89. The van der Waals surface area contributed by atoms with E-state index < -0.39 is 0 Å². The van der Waals surface area contributed by atoms with E-state index in [-0.39, 0.29) is 0 Å². The molecular formula is C17H22N4OS. The van der Waals surface area contributed by atoms with Crippen molar-refractivity contribution in [2.24, 2.45) is 0 Å². The molecule has 2 fully saturated rings. The van der Waals surface area contributed by atoms with E-state index in [9.17, 15) is 0 Å². The van der Waals surface area contributed by atoms with Gasteiger partial charge in [0.15, 0.2) is 10.2 Å². The Hall–Kier alpha value is -1.37. The first kappa shape index (κ1) is 15.2. The van der Waals surface area contributed by atoms with E-state index in [0.29, 0.717) is 6.04 Å². The summed E-state index contributed by atoms with van der Waals surface area (Å²) in [6.07, 6.45) is 6.20. The Balaban J connectivity index is 1.39. The van der Waals surface area contributed by atoms with E-state index in [1.807, 2.05) is 12.1 Å². The van der Waals surface area contributed by atoms with Crippen LogP contribution in [0.2, 0.25) is 0 Å². The first-order valence-electron chi connectivity index (χ1n) is 8.29. The molecule has 0 spiro atoms. The molecular weight excluding hydrogens is 308 g/mol. The number of aromatic nitrogens is 2. The van der Waals surface area contributed by atoms with Crippen molar-refractivity contribution in [2.75, 3.05) is 19.6 Å².